The number of nitrogens with zero attached hydrogens (tertiary/aromatic N) is 1. The number of benzene rings is 1. The molecule has 0 aromatic heterocycles. The Kier molecular flexibility index (Phi) is 4.22. The van der Waals surface area contributed by atoms with Crippen molar-refractivity contribution in [3.63, 3.8) is 0 Å². The summed E-state index contributed by atoms with van der Waals surface area (Å²) >= 11 is 3.10. The first-order valence-electron chi connectivity index (χ1n) is 6.07. The van der Waals surface area contributed by atoms with Crippen molar-refractivity contribution in [2.24, 2.45) is 5.92 Å². The number of likely N-dealkylation sites (tertiary alicyclic amines) is 1. The van der Waals surface area contributed by atoms with Crippen LogP contribution in [0, 0.1) is 11.7 Å². The van der Waals surface area contributed by atoms with Crippen molar-refractivity contribution in [1.82, 2.24) is 4.90 Å². The lowest BCUT2D eigenvalue weighted by atomic mass is 10.00. The van der Waals surface area contributed by atoms with Crippen LogP contribution in [0.1, 0.15) is 19.8 Å². The van der Waals surface area contributed by atoms with Gasteiger partial charge >= 0.3 is 6.03 Å². The van der Waals surface area contributed by atoms with Crippen LogP contribution in [-0.4, -0.2) is 24.0 Å². The average Bonchev–Trinajstić information content (AvgIpc) is 2.34. The Hall–Kier alpha value is -1.10. The summed E-state index contributed by atoms with van der Waals surface area (Å²) in [5, 5.41) is 2.78. The average molecular weight is 315 g/mol. The molecule has 2 amide bonds. The molecule has 1 N–H and O–H groups in total. The number of amides is 2. The van der Waals surface area contributed by atoms with Crippen molar-refractivity contribution >= 4 is 27.6 Å². The molecular weight excluding hydrogens is 299 g/mol. The third kappa shape index (κ3) is 3.22. The van der Waals surface area contributed by atoms with Crippen molar-refractivity contribution in [2.45, 2.75) is 19.8 Å². The van der Waals surface area contributed by atoms with E-state index in [1.54, 1.807) is 17.0 Å². The predicted octanol–water partition coefficient (Wildman–Crippen LogP) is 3.85. The van der Waals surface area contributed by atoms with Gasteiger partial charge in [0.2, 0.25) is 0 Å². The number of anilines is 1. The minimum absolute atomic E-state index is 0.111. The van der Waals surface area contributed by atoms with E-state index in [-0.39, 0.29) is 11.8 Å². The first-order valence-corrected chi connectivity index (χ1v) is 6.86. The molecule has 1 heterocycles. The van der Waals surface area contributed by atoms with Gasteiger partial charge in [0.1, 0.15) is 5.82 Å². The summed E-state index contributed by atoms with van der Waals surface area (Å²) in [5.41, 5.74) is 0.604. The van der Waals surface area contributed by atoms with Crippen LogP contribution in [0.3, 0.4) is 0 Å². The molecule has 1 saturated heterocycles. The lowest BCUT2D eigenvalue weighted by molar-refractivity contribution is 0.186. The Labute approximate surface area is 114 Å². The second kappa shape index (κ2) is 5.69. The normalized spacial score (nSPS) is 16.7. The highest BCUT2D eigenvalue weighted by Crippen LogP contribution is 2.21. The van der Waals surface area contributed by atoms with E-state index in [0.29, 0.717) is 16.1 Å². The topological polar surface area (TPSA) is 32.3 Å². The maximum Gasteiger partial charge on any atom is 0.321 e. The summed E-state index contributed by atoms with van der Waals surface area (Å²) < 4.78 is 13.4. The molecule has 5 heteroatoms. The van der Waals surface area contributed by atoms with Gasteiger partial charge in [0.25, 0.3) is 0 Å². The van der Waals surface area contributed by atoms with Crippen molar-refractivity contribution in [3.8, 4) is 0 Å². The monoisotopic (exact) mass is 314 g/mol. The number of halogens is 2. The van der Waals surface area contributed by atoms with Gasteiger partial charge < -0.3 is 10.2 Å². The van der Waals surface area contributed by atoms with Gasteiger partial charge in [-0.15, -0.1) is 0 Å². The molecule has 0 bridgehead atoms. The number of carbonyl (C=O) groups is 1. The van der Waals surface area contributed by atoms with Crippen molar-refractivity contribution in [3.05, 3.63) is 28.5 Å². The molecule has 0 spiro atoms. The summed E-state index contributed by atoms with van der Waals surface area (Å²) in [5.74, 6) is 0.355. The number of hydrogen-bond acceptors (Lipinski definition) is 1. The number of piperidine rings is 1. The first kappa shape index (κ1) is 13.3. The Bertz CT molecular complexity index is 445. The molecule has 1 fully saturated rings. The van der Waals surface area contributed by atoms with Gasteiger partial charge in [-0.25, -0.2) is 9.18 Å². The molecule has 0 saturated carbocycles. The Morgan fingerprint density at radius 2 is 2.11 bits per heavy atom. The van der Waals surface area contributed by atoms with E-state index < -0.39 is 0 Å². The third-order valence-corrected chi connectivity index (χ3v) is 3.85. The van der Waals surface area contributed by atoms with Crippen molar-refractivity contribution in [2.75, 3.05) is 18.4 Å². The molecule has 0 radical (unpaired) electrons. The lowest BCUT2D eigenvalue weighted by Gasteiger charge is -2.30. The van der Waals surface area contributed by atoms with Gasteiger partial charge in [-0.2, -0.15) is 0 Å². The first-order chi connectivity index (χ1) is 8.56. The van der Waals surface area contributed by atoms with Crippen LogP contribution in [-0.2, 0) is 0 Å². The van der Waals surface area contributed by atoms with Crippen molar-refractivity contribution in [1.29, 1.82) is 0 Å². The summed E-state index contributed by atoms with van der Waals surface area (Å²) in [6.45, 7) is 3.77. The third-order valence-electron chi connectivity index (χ3n) is 3.24. The van der Waals surface area contributed by atoms with Gasteiger partial charge in [0, 0.05) is 18.8 Å². The summed E-state index contributed by atoms with van der Waals surface area (Å²) in [6, 6.07) is 4.35. The molecule has 1 aromatic rings. The van der Waals surface area contributed by atoms with Crippen LogP contribution >= 0.6 is 15.9 Å². The SMILES string of the molecule is CC1CCN(C(=O)Nc2ccc(F)c(Br)c2)CC1. The smallest absolute Gasteiger partial charge is 0.321 e. The second-order valence-corrected chi connectivity index (χ2v) is 5.58. The number of urea groups is 1. The predicted molar refractivity (Wildman–Crippen MR) is 73.1 cm³/mol. The quantitative estimate of drug-likeness (QED) is 0.839. The molecule has 0 unspecified atom stereocenters. The molecule has 0 atom stereocenters. The van der Waals surface area contributed by atoms with Crippen LogP contribution in [0.4, 0.5) is 14.9 Å². The molecular formula is C13H16BrFN2O. The molecule has 18 heavy (non-hydrogen) atoms. The maximum atomic E-state index is 13.1. The number of nitrogens with one attached hydrogen (secondary N) is 1. The van der Waals surface area contributed by atoms with Gasteiger partial charge in [-0.1, -0.05) is 6.92 Å². The van der Waals surface area contributed by atoms with E-state index in [2.05, 4.69) is 28.2 Å². The van der Waals surface area contributed by atoms with Crippen LogP contribution in [0.15, 0.2) is 22.7 Å². The van der Waals surface area contributed by atoms with Crippen LogP contribution < -0.4 is 5.32 Å². The Balaban J connectivity index is 1.96. The number of carbonyl (C=O) groups excluding carboxylic acids is 1. The van der Waals surface area contributed by atoms with Gasteiger partial charge in [-0.3, -0.25) is 0 Å². The van der Waals surface area contributed by atoms with E-state index in [9.17, 15) is 9.18 Å². The standard InChI is InChI=1S/C13H16BrFN2O/c1-9-4-6-17(7-5-9)13(18)16-10-2-3-12(15)11(14)8-10/h2-3,8-9H,4-7H2,1H3,(H,16,18). The van der Waals surface area contributed by atoms with E-state index in [1.165, 1.54) is 6.07 Å². The molecule has 2 rings (SSSR count). The summed E-state index contributed by atoms with van der Waals surface area (Å²) in [7, 11) is 0. The summed E-state index contributed by atoms with van der Waals surface area (Å²) in [4.78, 5) is 13.8. The highest BCUT2D eigenvalue weighted by Gasteiger charge is 2.20. The fourth-order valence-corrected chi connectivity index (χ4v) is 2.37. The maximum absolute atomic E-state index is 13.1. The lowest BCUT2D eigenvalue weighted by Crippen LogP contribution is -2.40. The zero-order valence-corrected chi connectivity index (χ0v) is 11.8. The largest absolute Gasteiger partial charge is 0.325 e. The minimum atomic E-state index is -0.334. The molecule has 3 nitrogen and oxygen atoms in total. The summed E-state index contributed by atoms with van der Waals surface area (Å²) in [6.07, 6.45) is 2.08. The molecule has 98 valence electrons. The van der Waals surface area contributed by atoms with Gasteiger partial charge in [0.05, 0.1) is 4.47 Å². The number of hydrogen-bond donors (Lipinski definition) is 1. The second-order valence-electron chi connectivity index (χ2n) is 4.73. The fourth-order valence-electron chi connectivity index (χ4n) is 1.99. The highest BCUT2D eigenvalue weighted by atomic mass is 79.9. The van der Waals surface area contributed by atoms with E-state index in [0.717, 1.165) is 25.9 Å². The highest BCUT2D eigenvalue weighted by molar-refractivity contribution is 9.10. The van der Waals surface area contributed by atoms with Gasteiger partial charge in [-0.05, 0) is 52.9 Å². The molecule has 1 aliphatic rings. The Morgan fingerprint density at radius 3 is 2.72 bits per heavy atom. The Morgan fingerprint density at radius 1 is 1.44 bits per heavy atom. The van der Waals surface area contributed by atoms with Crippen molar-refractivity contribution < 1.29 is 9.18 Å². The zero-order valence-electron chi connectivity index (χ0n) is 10.2. The van der Waals surface area contributed by atoms with Crippen LogP contribution in [0.25, 0.3) is 0 Å². The fraction of sp³-hybridized carbons (Fsp3) is 0.462. The molecule has 0 aliphatic carbocycles. The van der Waals surface area contributed by atoms with E-state index in [4.69, 9.17) is 0 Å². The molecule has 1 aromatic carbocycles. The van der Waals surface area contributed by atoms with Gasteiger partial charge in [0.15, 0.2) is 0 Å². The van der Waals surface area contributed by atoms with Crippen LogP contribution in [0.2, 0.25) is 0 Å². The van der Waals surface area contributed by atoms with E-state index in [1.807, 2.05) is 0 Å². The van der Waals surface area contributed by atoms with Crippen LogP contribution in [0.5, 0.6) is 0 Å². The number of rotatable bonds is 1. The molecule has 1 aliphatic heterocycles. The zero-order chi connectivity index (χ0) is 13.1. The minimum Gasteiger partial charge on any atom is -0.325 e. The van der Waals surface area contributed by atoms with E-state index >= 15 is 0 Å².